The minimum atomic E-state index is -0.00574. The van der Waals surface area contributed by atoms with Gasteiger partial charge in [-0.15, -0.1) is 5.10 Å². The Bertz CT molecular complexity index is 513. The molecular weight excluding hydrogens is 216 g/mol. The van der Waals surface area contributed by atoms with E-state index in [1.165, 1.54) is 6.20 Å². The van der Waals surface area contributed by atoms with E-state index in [0.29, 0.717) is 11.4 Å². The van der Waals surface area contributed by atoms with Gasteiger partial charge in [-0.25, -0.2) is 4.98 Å². The molecule has 0 saturated carbocycles. The Morgan fingerprint density at radius 2 is 2.41 bits per heavy atom. The van der Waals surface area contributed by atoms with E-state index in [9.17, 15) is 0 Å². The fourth-order valence-electron chi connectivity index (χ4n) is 1.53. The van der Waals surface area contributed by atoms with Crippen LogP contribution in [0.2, 0.25) is 0 Å². The second-order valence-corrected chi connectivity index (χ2v) is 3.48. The molecule has 0 aliphatic rings. The molecule has 6 heteroatoms. The maximum Gasteiger partial charge on any atom is 0.167 e. The number of H-pyrrole nitrogens is 1. The van der Waals surface area contributed by atoms with Crippen LogP contribution >= 0.6 is 0 Å². The van der Waals surface area contributed by atoms with Gasteiger partial charge < -0.3 is 10.3 Å². The third-order valence-corrected chi connectivity index (χ3v) is 2.41. The van der Waals surface area contributed by atoms with Gasteiger partial charge in [0.1, 0.15) is 11.9 Å². The third kappa shape index (κ3) is 2.39. The Hall–Kier alpha value is -2.42. The van der Waals surface area contributed by atoms with Crippen LogP contribution in [0.5, 0.6) is 0 Å². The van der Waals surface area contributed by atoms with Gasteiger partial charge in [0.05, 0.1) is 17.8 Å². The molecule has 86 valence electrons. The zero-order valence-electron chi connectivity index (χ0n) is 9.38. The lowest BCUT2D eigenvalue weighted by Crippen LogP contribution is -2.13. The predicted molar refractivity (Wildman–Crippen MR) is 62.0 cm³/mol. The highest BCUT2D eigenvalue weighted by atomic mass is 15.2. The van der Waals surface area contributed by atoms with E-state index in [4.69, 9.17) is 5.26 Å². The van der Waals surface area contributed by atoms with Crippen LogP contribution in [0.1, 0.15) is 30.8 Å². The highest BCUT2D eigenvalue weighted by Crippen LogP contribution is 2.19. The van der Waals surface area contributed by atoms with Crippen molar-refractivity contribution in [3.63, 3.8) is 0 Å². The zero-order chi connectivity index (χ0) is 12.1. The molecule has 2 aromatic rings. The number of nitrogens with one attached hydrogen (secondary N) is 2. The van der Waals surface area contributed by atoms with Crippen LogP contribution in [0.4, 0.5) is 5.82 Å². The minimum absolute atomic E-state index is 0.00574. The van der Waals surface area contributed by atoms with E-state index in [-0.39, 0.29) is 6.04 Å². The minimum Gasteiger partial charge on any atom is -0.358 e. The molecule has 1 atom stereocenters. The number of hydrogen-bond donors (Lipinski definition) is 2. The van der Waals surface area contributed by atoms with Crippen molar-refractivity contribution >= 4 is 5.82 Å². The van der Waals surface area contributed by atoms with E-state index in [1.54, 1.807) is 18.5 Å². The molecule has 2 heterocycles. The van der Waals surface area contributed by atoms with Crippen molar-refractivity contribution in [2.45, 2.75) is 19.4 Å². The van der Waals surface area contributed by atoms with Gasteiger partial charge >= 0.3 is 0 Å². The second-order valence-electron chi connectivity index (χ2n) is 3.48. The Kier molecular flexibility index (Phi) is 3.31. The number of nitriles is 1. The van der Waals surface area contributed by atoms with Gasteiger partial charge in [0, 0.05) is 12.4 Å². The van der Waals surface area contributed by atoms with E-state index in [1.807, 2.05) is 6.92 Å². The van der Waals surface area contributed by atoms with Crippen molar-refractivity contribution in [1.29, 1.82) is 5.26 Å². The molecule has 17 heavy (non-hydrogen) atoms. The van der Waals surface area contributed by atoms with E-state index in [2.05, 4.69) is 31.6 Å². The molecule has 0 bridgehead atoms. The maximum absolute atomic E-state index is 8.95. The second kappa shape index (κ2) is 5.07. The Labute approximate surface area is 98.7 Å². The largest absolute Gasteiger partial charge is 0.358 e. The quantitative estimate of drug-likeness (QED) is 0.830. The monoisotopic (exact) mass is 228 g/mol. The lowest BCUT2D eigenvalue weighted by molar-refractivity contribution is 0.697. The van der Waals surface area contributed by atoms with Crippen LogP contribution in [-0.4, -0.2) is 20.2 Å². The normalized spacial score (nSPS) is 11.8. The van der Waals surface area contributed by atoms with Gasteiger partial charge in [0.2, 0.25) is 0 Å². The fourth-order valence-corrected chi connectivity index (χ4v) is 1.53. The summed E-state index contributed by atoms with van der Waals surface area (Å²) >= 11 is 0. The van der Waals surface area contributed by atoms with Gasteiger partial charge in [0.15, 0.2) is 5.82 Å². The lowest BCUT2D eigenvalue weighted by atomic mass is 10.2. The number of hydrogen-bond acceptors (Lipinski definition) is 5. The van der Waals surface area contributed by atoms with Crippen molar-refractivity contribution in [1.82, 2.24) is 20.2 Å². The summed E-state index contributed by atoms with van der Waals surface area (Å²) in [6, 6.07) is 3.70. The molecule has 2 rings (SSSR count). The Balaban J connectivity index is 2.22. The van der Waals surface area contributed by atoms with Crippen LogP contribution in [0.25, 0.3) is 0 Å². The average molecular weight is 228 g/mol. The summed E-state index contributed by atoms with van der Waals surface area (Å²) < 4.78 is 0. The fraction of sp³-hybridized carbons (Fsp3) is 0.273. The summed E-state index contributed by atoms with van der Waals surface area (Å²) in [5, 5.41) is 19.8. The molecular formula is C11H12N6. The SMILES string of the molecule is CCC(Nc1nnccc1C#N)c1ncc[nH]1. The molecule has 6 nitrogen and oxygen atoms in total. The molecule has 0 aliphatic heterocycles. The van der Waals surface area contributed by atoms with Crippen LogP contribution in [0.15, 0.2) is 24.7 Å². The molecule has 0 spiro atoms. The number of aromatic nitrogens is 4. The summed E-state index contributed by atoms with van der Waals surface area (Å²) in [6.45, 7) is 2.03. The van der Waals surface area contributed by atoms with E-state index < -0.39 is 0 Å². The molecule has 0 amide bonds. The highest BCUT2D eigenvalue weighted by Gasteiger charge is 2.14. The highest BCUT2D eigenvalue weighted by molar-refractivity contribution is 5.51. The van der Waals surface area contributed by atoms with Crippen molar-refractivity contribution in [3.8, 4) is 6.07 Å². The maximum atomic E-state index is 8.95. The molecule has 0 radical (unpaired) electrons. The summed E-state index contributed by atoms with van der Waals surface area (Å²) in [6.07, 6.45) is 5.79. The molecule has 1 unspecified atom stereocenters. The number of rotatable bonds is 4. The first-order chi connectivity index (χ1) is 8.35. The van der Waals surface area contributed by atoms with E-state index in [0.717, 1.165) is 12.2 Å². The first kappa shape index (κ1) is 11.1. The molecule has 0 fully saturated rings. The Morgan fingerprint density at radius 3 is 3.06 bits per heavy atom. The summed E-state index contributed by atoms with van der Waals surface area (Å²) in [5.41, 5.74) is 0.477. The van der Waals surface area contributed by atoms with Gasteiger partial charge in [0.25, 0.3) is 0 Å². The van der Waals surface area contributed by atoms with Crippen LogP contribution in [0.3, 0.4) is 0 Å². The van der Waals surface area contributed by atoms with Crippen LogP contribution in [0, 0.1) is 11.3 Å². The molecule has 0 saturated heterocycles. The topological polar surface area (TPSA) is 90.3 Å². The first-order valence-electron chi connectivity index (χ1n) is 5.32. The van der Waals surface area contributed by atoms with E-state index >= 15 is 0 Å². The van der Waals surface area contributed by atoms with Crippen LogP contribution < -0.4 is 5.32 Å². The van der Waals surface area contributed by atoms with Gasteiger partial charge in [-0.1, -0.05) is 6.92 Å². The standard InChI is InChI=1S/C11H12N6/c1-2-9(11-13-5-6-14-11)16-10-8(7-12)3-4-15-17-10/h3-6,9H,2H2,1H3,(H,13,14)(H,16,17). The zero-order valence-corrected chi connectivity index (χ0v) is 9.38. The molecule has 2 aromatic heterocycles. The predicted octanol–water partition coefficient (Wildman–Crippen LogP) is 1.63. The Morgan fingerprint density at radius 1 is 1.53 bits per heavy atom. The van der Waals surface area contributed by atoms with Crippen molar-refractivity contribution in [3.05, 3.63) is 36.0 Å². The number of nitrogens with zero attached hydrogens (tertiary/aromatic N) is 4. The number of imidazole rings is 1. The summed E-state index contributed by atoms with van der Waals surface area (Å²) in [4.78, 5) is 7.23. The van der Waals surface area contributed by atoms with Crippen molar-refractivity contribution in [2.24, 2.45) is 0 Å². The van der Waals surface area contributed by atoms with Crippen molar-refractivity contribution < 1.29 is 0 Å². The number of aromatic amines is 1. The van der Waals surface area contributed by atoms with Gasteiger partial charge in [-0.05, 0) is 12.5 Å². The van der Waals surface area contributed by atoms with Gasteiger partial charge in [-0.3, -0.25) is 0 Å². The molecule has 0 aromatic carbocycles. The van der Waals surface area contributed by atoms with Crippen molar-refractivity contribution in [2.75, 3.05) is 5.32 Å². The molecule has 0 aliphatic carbocycles. The summed E-state index contributed by atoms with van der Waals surface area (Å²) in [7, 11) is 0. The first-order valence-corrected chi connectivity index (χ1v) is 5.32. The average Bonchev–Trinajstić information content (AvgIpc) is 2.90. The summed E-state index contributed by atoms with van der Waals surface area (Å²) in [5.74, 6) is 1.31. The van der Waals surface area contributed by atoms with Gasteiger partial charge in [-0.2, -0.15) is 10.4 Å². The molecule has 2 N–H and O–H groups in total. The van der Waals surface area contributed by atoms with Crippen LogP contribution in [-0.2, 0) is 0 Å². The third-order valence-electron chi connectivity index (χ3n) is 2.41. The smallest absolute Gasteiger partial charge is 0.167 e. The number of anilines is 1. The lowest BCUT2D eigenvalue weighted by Gasteiger charge is -2.15.